The molecule has 20 heavy (non-hydrogen) atoms. The molecule has 104 valence electrons. The van der Waals surface area contributed by atoms with Crippen LogP contribution in [0.3, 0.4) is 0 Å². The van der Waals surface area contributed by atoms with Crippen LogP contribution >= 0.6 is 0 Å². The molecule has 0 bridgehead atoms. The monoisotopic (exact) mass is 304 g/mol. The second kappa shape index (κ2) is 4.55. The van der Waals surface area contributed by atoms with Gasteiger partial charge in [-0.1, -0.05) is 11.5 Å². The topological polar surface area (TPSA) is 73.6 Å². The van der Waals surface area contributed by atoms with Crippen LogP contribution in [0, 0.1) is 0 Å². The van der Waals surface area contributed by atoms with Gasteiger partial charge in [-0.05, 0) is 12.1 Å². The maximum atomic E-state index is 12.2. The Bertz CT molecular complexity index is 825. The molecule has 0 atom stereocenters. The van der Waals surface area contributed by atoms with E-state index in [-0.39, 0.29) is 16.4 Å². The van der Waals surface area contributed by atoms with Crippen LogP contribution in [-0.2, 0) is 10.1 Å². The standard InChI is InChI=1S/C10H4BF3O5S/c11-5-1-2-6-7(3-5)18-9(15)4-8(6)19-20(16,17)10(12,13)14/h1-4H. The summed E-state index contributed by atoms with van der Waals surface area (Å²) in [6, 6.07) is 4.12. The zero-order valence-electron chi connectivity index (χ0n) is 9.47. The SMILES string of the molecule is [B]c1ccc2c(OS(=O)(=O)C(F)(F)F)cc(=O)oc2c1. The highest BCUT2D eigenvalue weighted by atomic mass is 32.2. The van der Waals surface area contributed by atoms with E-state index >= 15 is 0 Å². The lowest BCUT2D eigenvalue weighted by atomic mass is 9.95. The molecule has 0 unspecified atom stereocenters. The molecular weight excluding hydrogens is 300 g/mol. The lowest BCUT2D eigenvalue weighted by Crippen LogP contribution is -2.28. The molecule has 2 rings (SSSR count). The summed E-state index contributed by atoms with van der Waals surface area (Å²) in [6.45, 7) is 0. The van der Waals surface area contributed by atoms with E-state index in [4.69, 9.17) is 12.3 Å². The van der Waals surface area contributed by atoms with E-state index in [2.05, 4.69) is 4.18 Å². The molecule has 0 aliphatic heterocycles. The zero-order chi connectivity index (χ0) is 15.1. The third-order valence-corrected chi connectivity index (χ3v) is 3.18. The van der Waals surface area contributed by atoms with E-state index in [1.165, 1.54) is 12.1 Å². The van der Waals surface area contributed by atoms with Gasteiger partial charge in [-0.3, -0.25) is 0 Å². The molecule has 2 radical (unpaired) electrons. The third kappa shape index (κ3) is 2.64. The number of halogens is 3. The number of fused-ring (bicyclic) bond motifs is 1. The summed E-state index contributed by atoms with van der Waals surface area (Å²) in [7, 11) is -0.462. The lowest BCUT2D eigenvalue weighted by molar-refractivity contribution is -0.0499. The highest BCUT2D eigenvalue weighted by Crippen LogP contribution is 2.30. The molecule has 0 saturated heterocycles. The predicted molar refractivity (Wildman–Crippen MR) is 63.5 cm³/mol. The minimum absolute atomic E-state index is 0.133. The van der Waals surface area contributed by atoms with Crippen LogP contribution in [0.1, 0.15) is 0 Å². The van der Waals surface area contributed by atoms with Gasteiger partial charge in [-0.25, -0.2) is 4.79 Å². The van der Waals surface area contributed by atoms with Gasteiger partial charge in [0.05, 0.1) is 11.5 Å². The summed E-state index contributed by atoms with van der Waals surface area (Å²) >= 11 is 0. The molecule has 0 amide bonds. The average molecular weight is 304 g/mol. The smallest absolute Gasteiger partial charge is 0.423 e. The quantitative estimate of drug-likeness (QED) is 0.355. The van der Waals surface area contributed by atoms with Crippen LogP contribution in [-0.4, -0.2) is 21.8 Å². The third-order valence-electron chi connectivity index (χ3n) is 2.21. The summed E-state index contributed by atoms with van der Waals surface area (Å²) in [5, 5.41) is -0.133. The molecule has 0 spiro atoms. The van der Waals surface area contributed by atoms with Gasteiger partial charge in [0.1, 0.15) is 13.4 Å². The average Bonchev–Trinajstić information content (AvgIpc) is 2.25. The highest BCUT2D eigenvalue weighted by molar-refractivity contribution is 7.88. The van der Waals surface area contributed by atoms with Crippen molar-refractivity contribution in [1.82, 2.24) is 0 Å². The first-order valence-electron chi connectivity index (χ1n) is 4.94. The predicted octanol–water partition coefficient (Wildman–Crippen LogP) is 0.815. The van der Waals surface area contributed by atoms with Gasteiger partial charge in [-0.15, -0.1) is 0 Å². The summed E-state index contributed by atoms with van der Waals surface area (Å²) in [5.41, 5.74) is -6.69. The van der Waals surface area contributed by atoms with Crippen molar-refractivity contribution in [1.29, 1.82) is 0 Å². The van der Waals surface area contributed by atoms with Crippen molar-refractivity contribution in [2.45, 2.75) is 5.51 Å². The molecule has 0 fully saturated rings. The minimum Gasteiger partial charge on any atom is -0.423 e. The molecule has 1 heterocycles. The molecule has 0 aliphatic carbocycles. The Hall–Kier alpha value is -1.97. The summed E-state index contributed by atoms with van der Waals surface area (Å²) in [5.74, 6) is -0.784. The van der Waals surface area contributed by atoms with Crippen LogP contribution in [0.4, 0.5) is 13.2 Å². The molecule has 1 aromatic carbocycles. The molecule has 1 aromatic heterocycles. The summed E-state index contributed by atoms with van der Waals surface area (Å²) in [4.78, 5) is 11.2. The largest absolute Gasteiger partial charge is 0.534 e. The number of hydrogen-bond acceptors (Lipinski definition) is 5. The number of benzene rings is 1. The van der Waals surface area contributed by atoms with Crippen LogP contribution in [0.5, 0.6) is 5.75 Å². The molecule has 5 nitrogen and oxygen atoms in total. The number of alkyl halides is 3. The fraction of sp³-hybridized carbons (Fsp3) is 0.100. The van der Waals surface area contributed by atoms with Gasteiger partial charge >= 0.3 is 21.3 Å². The maximum absolute atomic E-state index is 12.2. The van der Waals surface area contributed by atoms with Gasteiger partial charge in [0.25, 0.3) is 0 Å². The van der Waals surface area contributed by atoms with Crippen molar-refractivity contribution >= 4 is 34.4 Å². The van der Waals surface area contributed by atoms with E-state index in [0.29, 0.717) is 6.07 Å². The fourth-order valence-electron chi connectivity index (χ4n) is 1.38. The summed E-state index contributed by atoms with van der Waals surface area (Å²) in [6.07, 6.45) is 0. The van der Waals surface area contributed by atoms with Crippen LogP contribution in [0.15, 0.2) is 33.5 Å². The Morgan fingerprint density at radius 1 is 1.20 bits per heavy atom. The van der Waals surface area contributed by atoms with Gasteiger partial charge in [0, 0.05) is 0 Å². The van der Waals surface area contributed by atoms with Crippen LogP contribution < -0.4 is 15.3 Å². The van der Waals surface area contributed by atoms with Gasteiger partial charge < -0.3 is 8.60 Å². The second-order valence-corrected chi connectivity index (χ2v) is 5.21. The van der Waals surface area contributed by atoms with Crippen molar-refractivity contribution in [3.05, 3.63) is 34.7 Å². The minimum atomic E-state index is -5.88. The number of hydrogen-bond donors (Lipinski definition) is 0. The van der Waals surface area contributed by atoms with E-state index in [1.807, 2.05) is 0 Å². The van der Waals surface area contributed by atoms with Gasteiger partial charge in [-0.2, -0.15) is 21.6 Å². The normalized spacial score (nSPS) is 12.6. The van der Waals surface area contributed by atoms with Crippen molar-refractivity contribution < 1.29 is 30.2 Å². The first-order chi connectivity index (χ1) is 9.10. The zero-order valence-corrected chi connectivity index (χ0v) is 10.3. The van der Waals surface area contributed by atoms with E-state index in [1.54, 1.807) is 0 Å². The fourth-order valence-corrected chi connectivity index (χ4v) is 1.85. The van der Waals surface area contributed by atoms with Crippen LogP contribution in [0.2, 0.25) is 0 Å². The van der Waals surface area contributed by atoms with E-state index in [0.717, 1.165) is 6.07 Å². The van der Waals surface area contributed by atoms with Crippen molar-refractivity contribution in [3.8, 4) is 5.75 Å². The molecular formula is C10H4BF3O5S. The number of rotatable bonds is 2. The summed E-state index contributed by atoms with van der Waals surface area (Å²) < 4.78 is 67.3. The molecule has 2 aromatic rings. The van der Waals surface area contributed by atoms with Crippen LogP contribution in [0.25, 0.3) is 11.0 Å². The van der Waals surface area contributed by atoms with Crippen molar-refractivity contribution in [2.75, 3.05) is 0 Å². The Morgan fingerprint density at radius 2 is 1.85 bits per heavy atom. The first kappa shape index (κ1) is 14.4. The van der Waals surface area contributed by atoms with Crippen molar-refractivity contribution in [2.24, 2.45) is 0 Å². The molecule has 0 N–H and O–H groups in total. The molecule has 0 saturated carbocycles. The molecule has 0 aliphatic rings. The van der Waals surface area contributed by atoms with E-state index in [9.17, 15) is 26.4 Å². The van der Waals surface area contributed by atoms with E-state index < -0.39 is 27.0 Å². The Labute approximate surface area is 111 Å². The maximum Gasteiger partial charge on any atom is 0.534 e. The van der Waals surface area contributed by atoms with Crippen molar-refractivity contribution in [3.63, 3.8) is 0 Å². The Kier molecular flexibility index (Phi) is 3.28. The highest BCUT2D eigenvalue weighted by Gasteiger charge is 2.48. The first-order valence-corrected chi connectivity index (χ1v) is 6.35. The Morgan fingerprint density at radius 3 is 2.45 bits per heavy atom. The molecule has 10 heteroatoms. The second-order valence-electron chi connectivity index (χ2n) is 3.67. The lowest BCUT2D eigenvalue weighted by Gasteiger charge is -2.10. The van der Waals surface area contributed by atoms with Gasteiger partial charge in [0.15, 0.2) is 5.75 Å². The van der Waals surface area contributed by atoms with Gasteiger partial charge in [0.2, 0.25) is 0 Å². The Balaban J connectivity index is 2.64.